The molecular weight excluding hydrogens is 230 g/mol. The molecule has 0 aromatic carbocycles. The normalized spacial score (nSPS) is 34.0. The molecule has 0 aromatic rings. The number of nitrogens with zero attached hydrogens (tertiary/aromatic N) is 1. The van der Waals surface area contributed by atoms with Crippen LogP contribution in [0.1, 0.15) is 39.0 Å². The molecule has 4 nitrogen and oxygen atoms in total. The van der Waals surface area contributed by atoms with Gasteiger partial charge in [-0.3, -0.25) is 4.90 Å². The highest BCUT2D eigenvalue weighted by Crippen LogP contribution is 2.26. The van der Waals surface area contributed by atoms with E-state index >= 15 is 0 Å². The molecule has 1 saturated carbocycles. The van der Waals surface area contributed by atoms with E-state index in [0.29, 0.717) is 25.4 Å². The fourth-order valence-corrected chi connectivity index (χ4v) is 3.13. The minimum absolute atomic E-state index is 0.124. The Morgan fingerprint density at radius 1 is 1.17 bits per heavy atom. The summed E-state index contributed by atoms with van der Waals surface area (Å²) in [4.78, 5) is 2.43. The molecule has 106 valence electrons. The molecule has 1 heterocycles. The van der Waals surface area contributed by atoms with Crippen molar-refractivity contribution in [3.8, 4) is 0 Å². The lowest BCUT2D eigenvalue weighted by molar-refractivity contribution is -0.00341. The first kappa shape index (κ1) is 14.3. The lowest BCUT2D eigenvalue weighted by Gasteiger charge is -2.35. The van der Waals surface area contributed by atoms with E-state index in [-0.39, 0.29) is 6.10 Å². The summed E-state index contributed by atoms with van der Waals surface area (Å²) in [5.74, 6) is 0. The van der Waals surface area contributed by atoms with Crippen molar-refractivity contribution in [3.05, 3.63) is 0 Å². The second-order valence-corrected chi connectivity index (χ2v) is 5.39. The van der Waals surface area contributed by atoms with Crippen LogP contribution in [-0.4, -0.2) is 61.2 Å². The Bertz CT molecular complexity index is 237. The molecule has 0 spiro atoms. The third-order valence-electron chi connectivity index (χ3n) is 4.12. The van der Waals surface area contributed by atoms with E-state index < -0.39 is 0 Å². The smallest absolute Gasteiger partial charge is 0.0715 e. The van der Waals surface area contributed by atoms with Crippen molar-refractivity contribution >= 4 is 0 Å². The number of aliphatic hydroxyl groups excluding tert-OH is 1. The van der Waals surface area contributed by atoms with Crippen molar-refractivity contribution in [1.29, 1.82) is 0 Å². The maximum Gasteiger partial charge on any atom is 0.0715 e. The average Bonchev–Trinajstić information content (AvgIpc) is 2.84. The van der Waals surface area contributed by atoms with Crippen molar-refractivity contribution in [2.24, 2.45) is 0 Å². The second-order valence-electron chi connectivity index (χ2n) is 5.39. The van der Waals surface area contributed by atoms with Crippen LogP contribution in [0.3, 0.4) is 0 Å². The van der Waals surface area contributed by atoms with Crippen LogP contribution in [0.5, 0.6) is 0 Å². The summed E-state index contributed by atoms with van der Waals surface area (Å²) in [6.45, 7) is 6.20. The van der Waals surface area contributed by atoms with Crippen LogP contribution in [0.2, 0.25) is 0 Å². The monoisotopic (exact) mass is 257 g/mol. The summed E-state index contributed by atoms with van der Waals surface area (Å²) in [5.41, 5.74) is 0. The van der Waals surface area contributed by atoms with Gasteiger partial charge in [-0.15, -0.1) is 0 Å². The fraction of sp³-hybridized carbons (Fsp3) is 1.00. The zero-order valence-corrected chi connectivity index (χ0v) is 11.5. The minimum Gasteiger partial charge on any atom is -0.391 e. The number of ether oxygens (including phenoxy) is 2. The van der Waals surface area contributed by atoms with Crippen molar-refractivity contribution in [1.82, 2.24) is 4.90 Å². The van der Waals surface area contributed by atoms with Crippen LogP contribution in [0.15, 0.2) is 0 Å². The molecule has 0 amide bonds. The molecule has 0 radical (unpaired) electrons. The lowest BCUT2D eigenvalue weighted by Crippen LogP contribution is -2.44. The highest BCUT2D eigenvalue weighted by atomic mass is 16.5. The van der Waals surface area contributed by atoms with E-state index in [9.17, 15) is 5.11 Å². The molecule has 2 aliphatic rings. The van der Waals surface area contributed by atoms with Gasteiger partial charge in [-0.05, 0) is 26.2 Å². The first-order chi connectivity index (χ1) is 8.81. The Balaban J connectivity index is 1.67. The fourth-order valence-electron chi connectivity index (χ4n) is 3.13. The van der Waals surface area contributed by atoms with Crippen LogP contribution in [0.25, 0.3) is 0 Å². The van der Waals surface area contributed by atoms with Gasteiger partial charge >= 0.3 is 0 Å². The maximum atomic E-state index is 10.1. The van der Waals surface area contributed by atoms with Gasteiger partial charge in [0.05, 0.1) is 25.4 Å². The van der Waals surface area contributed by atoms with E-state index in [1.54, 1.807) is 0 Å². The Morgan fingerprint density at radius 3 is 2.78 bits per heavy atom. The predicted octanol–water partition coefficient (Wildman–Crippen LogP) is 1.42. The van der Waals surface area contributed by atoms with Gasteiger partial charge in [-0.2, -0.15) is 0 Å². The van der Waals surface area contributed by atoms with E-state index in [1.807, 2.05) is 6.92 Å². The van der Waals surface area contributed by atoms with Gasteiger partial charge in [0.1, 0.15) is 0 Å². The van der Waals surface area contributed by atoms with Crippen molar-refractivity contribution in [3.63, 3.8) is 0 Å². The molecule has 1 saturated heterocycles. The summed E-state index contributed by atoms with van der Waals surface area (Å²) < 4.78 is 11.1. The SMILES string of the molecule is CCOCCO[C@H]1CCN([C@@H]2CCCC[C@H]2O)C1. The predicted molar refractivity (Wildman–Crippen MR) is 70.7 cm³/mol. The quantitative estimate of drug-likeness (QED) is 0.731. The summed E-state index contributed by atoms with van der Waals surface area (Å²) in [7, 11) is 0. The van der Waals surface area contributed by atoms with Gasteiger partial charge in [-0.25, -0.2) is 0 Å². The third kappa shape index (κ3) is 3.92. The number of aliphatic hydroxyl groups is 1. The summed E-state index contributed by atoms with van der Waals surface area (Å²) in [6.07, 6.45) is 5.85. The molecule has 3 atom stereocenters. The van der Waals surface area contributed by atoms with Gasteiger partial charge < -0.3 is 14.6 Å². The second kappa shape index (κ2) is 7.43. The standard InChI is InChI=1S/C14H27NO3/c1-2-17-9-10-18-12-7-8-15(11-12)13-5-3-4-6-14(13)16/h12-14,16H,2-11H2,1H3/t12-,13+,14+/m0/s1. The average molecular weight is 257 g/mol. The lowest BCUT2D eigenvalue weighted by atomic mass is 9.91. The Kier molecular flexibility index (Phi) is 5.89. The summed E-state index contributed by atoms with van der Waals surface area (Å²) >= 11 is 0. The first-order valence-corrected chi connectivity index (χ1v) is 7.42. The molecule has 2 fully saturated rings. The molecule has 18 heavy (non-hydrogen) atoms. The van der Waals surface area contributed by atoms with Gasteiger partial charge in [0.2, 0.25) is 0 Å². The molecule has 0 unspecified atom stereocenters. The molecule has 4 heteroatoms. The molecule has 1 N–H and O–H groups in total. The molecule has 0 bridgehead atoms. The third-order valence-corrected chi connectivity index (χ3v) is 4.12. The molecule has 1 aliphatic carbocycles. The molecule has 2 rings (SSSR count). The molecular formula is C14H27NO3. The van der Waals surface area contributed by atoms with Crippen LogP contribution in [-0.2, 0) is 9.47 Å². The van der Waals surface area contributed by atoms with Crippen molar-refractivity contribution in [2.75, 3.05) is 32.9 Å². The van der Waals surface area contributed by atoms with Crippen LogP contribution < -0.4 is 0 Å². The summed E-state index contributed by atoms with van der Waals surface area (Å²) in [6, 6.07) is 0.374. The zero-order chi connectivity index (χ0) is 12.8. The highest BCUT2D eigenvalue weighted by molar-refractivity contribution is 4.88. The highest BCUT2D eigenvalue weighted by Gasteiger charge is 2.33. The van der Waals surface area contributed by atoms with Crippen molar-refractivity contribution < 1.29 is 14.6 Å². The zero-order valence-electron chi connectivity index (χ0n) is 11.5. The topological polar surface area (TPSA) is 41.9 Å². The van der Waals surface area contributed by atoms with E-state index in [1.165, 1.54) is 12.8 Å². The van der Waals surface area contributed by atoms with Crippen LogP contribution in [0.4, 0.5) is 0 Å². The Hall–Kier alpha value is -0.160. The number of likely N-dealkylation sites (tertiary alicyclic amines) is 1. The van der Waals surface area contributed by atoms with Gasteiger partial charge in [0.25, 0.3) is 0 Å². The van der Waals surface area contributed by atoms with E-state index in [0.717, 1.165) is 39.0 Å². The summed E-state index contributed by atoms with van der Waals surface area (Å²) in [5, 5.41) is 10.1. The largest absolute Gasteiger partial charge is 0.391 e. The van der Waals surface area contributed by atoms with E-state index in [2.05, 4.69) is 4.90 Å². The first-order valence-electron chi connectivity index (χ1n) is 7.42. The molecule has 1 aliphatic heterocycles. The Morgan fingerprint density at radius 2 is 2.00 bits per heavy atom. The minimum atomic E-state index is -0.124. The molecule has 0 aromatic heterocycles. The number of hydrogen-bond acceptors (Lipinski definition) is 4. The van der Waals surface area contributed by atoms with Gasteiger partial charge in [-0.1, -0.05) is 12.8 Å². The van der Waals surface area contributed by atoms with Crippen LogP contribution >= 0.6 is 0 Å². The van der Waals surface area contributed by atoms with Gasteiger partial charge in [0.15, 0.2) is 0 Å². The number of rotatable bonds is 6. The Labute approximate surface area is 110 Å². The number of hydrogen-bond donors (Lipinski definition) is 1. The van der Waals surface area contributed by atoms with Crippen LogP contribution in [0, 0.1) is 0 Å². The maximum absolute atomic E-state index is 10.1. The van der Waals surface area contributed by atoms with Gasteiger partial charge in [0, 0.05) is 25.7 Å². The van der Waals surface area contributed by atoms with Crippen molar-refractivity contribution in [2.45, 2.75) is 57.3 Å². The van der Waals surface area contributed by atoms with E-state index in [4.69, 9.17) is 9.47 Å².